The van der Waals surface area contributed by atoms with Crippen molar-refractivity contribution in [2.45, 2.75) is 96.3 Å². The lowest BCUT2D eigenvalue weighted by atomic mass is 9.77. The summed E-state index contributed by atoms with van der Waals surface area (Å²) in [5, 5.41) is 3.62. The molecule has 0 aromatic rings. The van der Waals surface area contributed by atoms with Gasteiger partial charge in [0.1, 0.15) is 11.6 Å². The van der Waals surface area contributed by atoms with Gasteiger partial charge in [0.25, 0.3) is 0 Å². The Kier molecular flexibility index (Phi) is 5.98. The maximum atomic E-state index is 11.4. The molecule has 0 unspecified atom stereocenters. The second-order valence-electron chi connectivity index (χ2n) is 8.37. The van der Waals surface area contributed by atoms with E-state index in [1.54, 1.807) is 0 Å². The highest BCUT2D eigenvalue weighted by Crippen LogP contribution is 2.30. The maximum Gasteiger partial charge on any atom is 0.133 e. The molecule has 0 bridgehead atoms. The van der Waals surface area contributed by atoms with Crippen molar-refractivity contribution in [1.82, 2.24) is 16.2 Å². The van der Waals surface area contributed by atoms with Gasteiger partial charge in [-0.1, -0.05) is 0 Å². The van der Waals surface area contributed by atoms with E-state index < -0.39 is 0 Å². The highest BCUT2D eigenvalue weighted by molar-refractivity contribution is 5.79. The minimum atomic E-state index is -0.243. The van der Waals surface area contributed by atoms with Crippen molar-refractivity contribution in [2.75, 3.05) is 0 Å². The average molecular weight is 323 g/mol. The summed E-state index contributed by atoms with van der Waals surface area (Å²) in [5.74, 6) is 1.30. The zero-order valence-electron chi connectivity index (χ0n) is 15.1. The number of carbonyl (C=O) groups excluding carboxylic acids is 2. The van der Waals surface area contributed by atoms with Crippen molar-refractivity contribution >= 4 is 11.6 Å². The van der Waals surface area contributed by atoms with Gasteiger partial charge in [0.05, 0.1) is 5.66 Å². The highest BCUT2D eigenvalue weighted by atomic mass is 16.1. The summed E-state index contributed by atoms with van der Waals surface area (Å²) in [7, 11) is 0. The smallest absolute Gasteiger partial charge is 0.133 e. The Morgan fingerprint density at radius 2 is 1.26 bits per heavy atom. The fourth-order valence-corrected chi connectivity index (χ4v) is 3.71. The molecule has 0 aromatic carbocycles. The van der Waals surface area contributed by atoms with Crippen LogP contribution in [0.25, 0.3) is 0 Å². The number of rotatable bonds is 6. The quantitative estimate of drug-likeness (QED) is 0.517. The Labute approximate surface area is 140 Å². The predicted octanol–water partition coefficient (Wildman–Crippen LogP) is 2.46. The molecule has 2 rings (SSSR count). The predicted molar refractivity (Wildman–Crippen MR) is 91.8 cm³/mol. The van der Waals surface area contributed by atoms with E-state index in [4.69, 9.17) is 0 Å². The van der Waals surface area contributed by atoms with Crippen LogP contribution in [0.2, 0.25) is 0 Å². The van der Waals surface area contributed by atoms with Crippen LogP contribution in [0.1, 0.15) is 79.1 Å². The van der Waals surface area contributed by atoms with Crippen LogP contribution in [-0.4, -0.2) is 28.8 Å². The van der Waals surface area contributed by atoms with Gasteiger partial charge in [0.15, 0.2) is 0 Å². The number of hydrazine groups is 1. The molecule has 0 amide bonds. The van der Waals surface area contributed by atoms with Gasteiger partial charge in [0.2, 0.25) is 0 Å². The Morgan fingerprint density at radius 1 is 0.783 bits per heavy atom. The lowest BCUT2D eigenvalue weighted by Gasteiger charge is -2.42. The molecule has 2 aliphatic rings. The van der Waals surface area contributed by atoms with Crippen molar-refractivity contribution in [2.24, 2.45) is 5.92 Å². The van der Waals surface area contributed by atoms with E-state index in [0.717, 1.165) is 25.7 Å². The first kappa shape index (κ1) is 18.6. The van der Waals surface area contributed by atoms with Crippen LogP contribution < -0.4 is 16.2 Å². The topological polar surface area (TPSA) is 70.2 Å². The van der Waals surface area contributed by atoms with Crippen LogP contribution in [0.4, 0.5) is 0 Å². The molecule has 0 aliphatic heterocycles. The lowest BCUT2D eigenvalue weighted by molar-refractivity contribution is -0.121. The van der Waals surface area contributed by atoms with E-state index in [0.29, 0.717) is 49.2 Å². The Morgan fingerprint density at radius 3 is 1.78 bits per heavy atom. The first-order valence-electron chi connectivity index (χ1n) is 9.03. The number of hydrogen-bond donors (Lipinski definition) is 3. The van der Waals surface area contributed by atoms with E-state index >= 15 is 0 Å². The Bertz CT molecular complexity index is 426. The fraction of sp³-hybridized carbons (Fsp3) is 0.889. The van der Waals surface area contributed by atoms with E-state index in [1.807, 2.05) is 0 Å². The number of nitrogens with one attached hydrogen (secondary N) is 3. The van der Waals surface area contributed by atoms with Gasteiger partial charge >= 0.3 is 0 Å². The van der Waals surface area contributed by atoms with Gasteiger partial charge in [-0.05, 0) is 59.3 Å². The third-order valence-electron chi connectivity index (χ3n) is 5.37. The molecule has 0 aromatic heterocycles. The van der Waals surface area contributed by atoms with E-state index in [9.17, 15) is 9.59 Å². The van der Waals surface area contributed by atoms with Crippen LogP contribution >= 0.6 is 0 Å². The van der Waals surface area contributed by atoms with Gasteiger partial charge < -0.3 is 0 Å². The number of Topliss-reactive ketones (excluding diaryl/α,β-unsaturated/α-hetero) is 2. The highest BCUT2D eigenvalue weighted by Gasteiger charge is 2.34. The summed E-state index contributed by atoms with van der Waals surface area (Å²) >= 11 is 0. The summed E-state index contributed by atoms with van der Waals surface area (Å²) in [6, 6.07) is 0.396. The first-order chi connectivity index (χ1) is 10.7. The summed E-state index contributed by atoms with van der Waals surface area (Å²) in [5.41, 5.74) is 6.63. The first-order valence-corrected chi connectivity index (χ1v) is 9.03. The molecule has 2 aliphatic carbocycles. The number of ketones is 2. The van der Waals surface area contributed by atoms with Gasteiger partial charge in [-0.15, -0.1) is 0 Å². The van der Waals surface area contributed by atoms with Gasteiger partial charge in [-0.25, -0.2) is 5.43 Å². The zero-order valence-corrected chi connectivity index (χ0v) is 15.1. The zero-order chi connectivity index (χ0) is 17.1. The Hall–Kier alpha value is -0.780. The normalized spacial score (nSPS) is 22.6. The number of carbonyl (C=O) groups is 2. The van der Waals surface area contributed by atoms with Crippen LogP contribution in [0, 0.1) is 5.92 Å². The van der Waals surface area contributed by atoms with Crippen molar-refractivity contribution < 1.29 is 9.59 Å². The Balaban J connectivity index is 1.80. The fourth-order valence-electron chi connectivity index (χ4n) is 3.71. The van der Waals surface area contributed by atoms with Crippen molar-refractivity contribution in [3.63, 3.8) is 0 Å². The van der Waals surface area contributed by atoms with Gasteiger partial charge in [0, 0.05) is 37.3 Å². The molecular weight excluding hydrogens is 290 g/mol. The minimum Gasteiger partial charge on any atom is -0.300 e. The second-order valence-corrected chi connectivity index (χ2v) is 8.37. The molecule has 2 fully saturated rings. The van der Waals surface area contributed by atoms with Crippen LogP contribution in [0.15, 0.2) is 0 Å². The third kappa shape index (κ3) is 5.66. The standard InChI is InChI=1S/C18H33N3O2/c1-17(2,13-5-9-15(22)10-6-13)20-21-18(3,4)19-14-7-11-16(23)12-8-14/h13-14,19-21H,5-12H2,1-4H3. The molecule has 0 atom stereocenters. The van der Waals surface area contributed by atoms with Crippen molar-refractivity contribution in [1.29, 1.82) is 0 Å². The summed E-state index contributed by atoms with van der Waals surface area (Å²) in [6.07, 6.45) is 6.63. The molecule has 0 saturated heterocycles. The summed E-state index contributed by atoms with van der Waals surface area (Å²) in [6.45, 7) is 8.65. The van der Waals surface area contributed by atoms with Crippen LogP contribution in [0.3, 0.4) is 0 Å². The summed E-state index contributed by atoms with van der Waals surface area (Å²) < 4.78 is 0. The molecule has 23 heavy (non-hydrogen) atoms. The van der Waals surface area contributed by atoms with Crippen LogP contribution in [0.5, 0.6) is 0 Å². The largest absolute Gasteiger partial charge is 0.300 e. The third-order valence-corrected chi connectivity index (χ3v) is 5.37. The summed E-state index contributed by atoms with van der Waals surface area (Å²) in [4.78, 5) is 22.8. The van der Waals surface area contributed by atoms with Gasteiger partial charge in [-0.3, -0.25) is 20.3 Å². The van der Waals surface area contributed by atoms with Crippen LogP contribution in [-0.2, 0) is 9.59 Å². The molecule has 132 valence electrons. The molecule has 5 heteroatoms. The molecule has 3 N–H and O–H groups in total. The monoisotopic (exact) mass is 323 g/mol. The lowest BCUT2D eigenvalue weighted by Crippen LogP contribution is -2.65. The minimum absolute atomic E-state index is 0.0534. The molecule has 5 nitrogen and oxygen atoms in total. The second kappa shape index (κ2) is 7.41. The van der Waals surface area contributed by atoms with E-state index in [-0.39, 0.29) is 11.2 Å². The molecule has 0 spiro atoms. The molecule has 0 radical (unpaired) electrons. The average Bonchev–Trinajstić information content (AvgIpc) is 2.48. The van der Waals surface area contributed by atoms with Gasteiger partial charge in [-0.2, -0.15) is 0 Å². The van der Waals surface area contributed by atoms with E-state index in [2.05, 4.69) is 43.9 Å². The number of hydrogen-bond acceptors (Lipinski definition) is 5. The maximum absolute atomic E-state index is 11.4. The van der Waals surface area contributed by atoms with Crippen molar-refractivity contribution in [3.05, 3.63) is 0 Å². The molecular formula is C18H33N3O2. The molecule has 0 heterocycles. The molecule has 2 saturated carbocycles. The van der Waals surface area contributed by atoms with Crippen molar-refractivity contribution in [3.8, 4) is 0 Å². The van der Waals surface area contributed by atoms with E-state index in [1.165, 1.54) is 0 Å². The SMILES string of the molecule is CC(C)(NNC(C)(C)C1CCC(=O)CC1)NC1CCC(=O)CC1.